The first kappa shape index (κ1) is 27.3. The Bertz CT molecular complexity index is 1900. The van der Waals surface area contributed by atoms with Gasteiger partial charge in [-0.3, -0.25) is 14.3 Å². The standard InChI is InChI=1S/C29H25ClFN7O4/c1-28(2,27(40)41)11-17-13-42-26(33-17)29(3)20-22(32)34-24(35-23(20)36-25(29)39)21-18-9-6-15(30)10-19(18)38(37-21)12-14-4-7-16(31)8-5-14/h4-10,13H,11-12H2,1-3H3,(H,40,41)(H3,32,34,35,36,39). The number of anilines is 2. The van der Waals surface area contributed by atoms with Gasteiger partial charge in [-0.15, -0.1) is 0 Å². The Morgan fingerprint density at radius 1 is 1.19 bits per heavy atom. The number of nitrogens with zero attached hydrogens (tertiary/aromatic N) is 5. The minimum absolute atomic E-state index is 0.0247. The second-order valence-electron chi connectivity index (χ2n) is 11.0. The maximum atomic E-state index is 13.5. The molecule has 0 aliphatic carbocycles. The highest BCUT2D eigenvalue weighted by atomic mass is 35.5. The minimum atomic E-state index is -1.46. The van der Waals surface area contributed by atoms with Crippen LogP contribution in [-0.2, 0) is 28.0 Å². The molecule has 4 heterocycles. The third-order valence-corrected chi connectivity index (χ3v) is 7.71. The summed E-state index contributed by atoms with van der Waals surface area (Å²) < 4.78 is 20.9. The molecular weight excluding hydrogens is 565 g/mol. The zero-order valence-electron chi connectivity index (χ0n) is 22.8. The number of hydrogen-bond donors (Lipinski definition) is 3. The average molecular weight is 590 g/mol. The fourth-order valence-corrected chi connectivity index (χ4v) is 5.23. The monoisotopic (exact) mass is 589 g/mol. The average Bonchev–Trinajstić information content (AvgIpc) is 3.60. The number of nitrogen functional groups attached to an aromatic ring is 1. The quantitative estimate of drug-likeness (QED) is 0.242. The highest BCUT2D eigenvalue weighted by molar-refractivity contribution is 6.31. The third kappa shape index (κ3) is 4.44. The second-order valence-corrected chi connectivity index (χ2v) is 11.5. The lowest BCUT2D eigenvalue weighted by atomic mass is 9.84. The van der Waals surface area contributed by atoms with Crippen LogP contribution in [0.1, 0.15) is 43.5 Å². The number of benzene rings is 2. The van der Waals surface area contributed by atoms with Crippen molar-refractivity contribution in [3.63, 3.8) is 0 Å². The number of carbonyl (C=O) groups is 2. The van der Waals surface area contributed by atoms with Gasteiger partial charge in [-0.2, -0.15) is 5.10 Å². The fourth-order valence-electron chi connectivity index (χ4n) is 5.06. The van der Waals surface area contributed by atoms with Crippen LogP contribution in [0.3, 0.4) is 0 Å². The van der Waals surface area contributed by atoms with Crippen molar-refractivity contribution in [2.75, 3.05) is 11.1 Å². The largest absolute Gasteiger partial charge is 0.481 e. The van der Waals surface area contributed by atoms with Crippen LogP contribution < -0.4 is 11.1 Å². The molecule has 2 aromatic carbocycles. The van der Waals surface area contributed by atoms with Gasteiger partial charge in [0.25, 0.3) is 0 Å². The summed E-state index contributed by atoms with van der Waals surface area (Å²) in [6.07, 6.45) is 1.44. The molecule has 0 saturated carbocycles. The molecular formula is C29H25ClFN7O4. The normalized spacial score (nSPS) is 16.5. The van der Waals surface area contributed by atoms with E-state index in [0.717, 1.165) is 5.56 Å². The number of hydrogen-bond acceptors (Lipinski definition) is 8. The van der Waals surface area contributed by atoms with Crippen molar-refractivity contribution in [2.24, 2.45) is 5.41 Å². The third-order valence-electron chi connectivity index (χ3n) is 7.48. The predicted octanol–water partition coefficient (Wildman–Crippen LogP) is 4.82. The zero-order chi connectivity index (χ0) is 30.0. The summed E-state index contributed by atoms with van der Waals surface area (Å²) in [5.74, 6) is -1.36. The molecule has 0 spiro atoms. The van der Waals surface area contributed by atoms with Crippen molar-refractivity contribution in [2.45, 2.75) is 39.2 Å². The van der Waals surface area contributed by atoms with E-state index in [0.29, 0.717) is 39.4 Å². The minimum Gasteiger partial charge on any atom is -0.481 e. The fraction of sp³-hybridized carbons (Fsp3) is 0.241. The molecule has 0 bridgehead atoms. The van der Waals surface area contributed by atoms with Gasteiger partial charge in [0.05, 0.1) is 28.7 Å². The molecule has 1 amide bonds. The first-order chi connectivity index (χ1) is 19.9. The highest BCUT2D eigenvalue weighted by Crippen LogP contribution is 2.45. The Morgan fingerprint density at radius 2 is 1.93 bits per heavy atom. The molecule has 3 aromatic heterocycles. The molecule has 1 aliphatic heterocycles. The van der Waals surface area contributed by atoms with Gasteiger partial charge in [0.15, 0.2) is 11.2 Å². The maximum absolute atomic E-state index is 13.5. The van der Waals surface area contributed by atoms with Gasteiger partial charge in [0.2, 0.25) is 11.8 Å². The van der Waals surface area contributed by atoms with Gasteiger partial charge in [0.1, 0.15) is 29.4 Å². The van der Waals surface area contributed by atoms with Crippen LogP contribution in [0.15, 0.2) is 53.1 Å². The molecule has 4 N–H and O–H groups in total. The topological polar surface area (TPSA) is 162 Å². The summed E-state index contributed by atoms with van der Waals surface area (Å²) in [6.45, 7) is 5.09. The Kier molecular flexibility index (Phi) is 6.26. The number of carbonyl (C=O) groups excluding carboxylic acids is 1. The lowest BCUT2D eigenvalue weighted by molar-refractivity contribution is -0.146. The van der Waals surface area contributed by atoms with Gasteiger partial charge in [-0.1, -0.05) is 23.7 Å². The van der Waals surface area contributed by atoms with Gasteiger partial charge in [0, 0.05) is 16.8 Å². The smallest absolute Gasteiger partial charge is 0.309 e. The predicted molar refractivity (Wildman–Crippen MR) is 152 cm³/mol. The maximum Gasteiger partial charge on any atom is 0.309 e. The molecule has 1 aliphatic rings. The summed E-state index contributed by atoms with van der Waals surface area (Å²) >= 11 is 6.30. The van der Waals surface area contributed by atoms with Gasteiger partial charge in [-0.05, 0) is 56.7 Å². The van der Waals surface area contributed by atoms with E-state index in [1.165, 1.54) is 18.4 Å². The number of halogens is 2. The SMILES string of the molecule is CC(C)(Cc1coc(C2(C)C(=O)Nc3nc(-c4nn(Cc5ccc(F)cc5)c5cc(Cl)ccc45)nc(N)c32)n1)C(=O)O. The number of rotatable bonds is 7. The van der Waals surface area contributed by atoms with Crippen molar-refractivity contribution >= 4 is 46.0 Å². The molecule has 6 rings (SSSR count). The number of aromatic nitrogens is 5. The molecule has 0 saturated heterocycles. The van der Waals surface area contributed by atoms with Crippen LogP contribution in [0.25, 0.3) is 22.4 Å². The highest BCUT2D eigenvalue weighted by Gasteiger charge is 2.51. The van der Waals surface area contributed by atoms with E-state index in [1.54, 1.807) is 55.8 Å². The van der Waals surface area contributed by atoms with Crippen LogP contribution in [0.5, 0.6) is 0 Å². The molecule has 1 atom stereocenters. The number of nitrogens with one attached hydrogen (secondary N) is 1. The lowest BCUT2D eigenvalue weighted by Gasteiger charge is -2.19. The van der Waals surface area contributed by atoms with Gasteiger partial charge >= 0.3 is 5.97 Å². The van der Waals surface area contributed by atoms with Crippen LogP contribution >= 0.6 is 11.6 Å². The van der Waals surface area contributed by atoms with Crippen LogP contribution in [-0.4, -0.2) is 41.7 Å². The molecule has 11 nitrogen and oxygen atoms in total. The summed E-state index contributed by atoms with van der Waals surface area (Å²) in [5.41, 5.74) is 6.53. The van der Waals surface area contributed by atoms with Crippen molar-refractivity contribution < 1.29 is 23.5 Å². The van der Waals surface area contributed by atoms with E-state index in [9.17, 15) is 19.1 Å². The van der Waals surface area contributed by atoms with Gasteiger partial charge < -0.3 is 20.6 Å². The van der Waals surface area contributed by atoms with Gasteiger partial charge in [-0.25, -0.2) is 19.3 Å². The Balaban J connectivity index is 1.41. The molecule has 0 radical (unpaired) electrons. The summed E-state index contributed by atoms with van der Waals surface area (Å²) in [7, 11) is 0. The van der Waals surface area contributed by atoms with Crippen LogP contribution in [0.4, 0.5) is 16.0 Å². The number of fused-ring (bicyclic) bond motifs is 2. The molecule has 214 valence electrons. The number of oxazole rings is 1. The van der Waals surface area contributed by atoms with Crippen molar-refractivity contribution in [3.05, 3.63) is 82.3 Å². The van der Waals surface area contributed by atoms with Crippen LogP contribution in [0.2, 0.25) is 5.02 Å². The molecule has 42 heavy (non-hydrogen) atoms. The first-order valence-corrected chi connectivity index (χ1v) is 13.3. The van der Waals surface area contributed by atoms with E-state index < -0.39 is 22.7 Å². The number of carboxylic acid groups (broad SMARTS) is 1. The summed E-state index contributed by atoms with van der Waals surface area (Å²) in [4.78, 5) is 38.5. The van der Waals surface area contributed by atoms with E-state index in [-0.39, 0.29) is 35.6 Å². The van der Waals surface area contributed by atoms with E-state index in [4.69, 9.17) is 26.9 Å². The van der Waals surface area contributed by atoms with Crippen molar-refractivity contribution in [1.82, 2.24) is 24.7 Å². The van der Waals surface area contributed by atoms with Crippen LogP contribution in [0, 0.1) is 11.2 Å². The van der Waals surface area contributed by atoms with E-state index >= 15 is 0 Å². The molecule has 13 heteroatoms. The lowest BCUT2D eigenvalue weighted by Crippen LogP contribution is -2.33. The summed E-state index contributed by atoms with van der Waals surface area (Å²) in [6, 6.07) is 11.4. The molecule has 5 aromatic rings. The second kappa shape index (κ2) is 9.62. The van der Waals surface area contributed by atoms with Crippen molar-refractivity contribution in [1.29, 1.82) is 0 Å². The molecule has 1 unspecified atom stereocenters. The van der Waals surface area contributed by atoms with E-state index in [1.807, 2.05) is 0 Å². The number of amides is 1. The Labute approximate surface area is 243 Å². The Hall–Kier alpha value is -4.84. The zero-order valence-corrected chi connectivity index (χ0v) is 23.5. The molecule has 0 fully saturated rings. The number of carboxylic acids is 1. The Morgan fingerprint density at radius 3 is 2.64 bits per heavy atom. The van der Waals surface area contributed by atoms with E-state index in [2.05, 4.69) is 20.3 Å². The number of nitrogens with two attached hydrogens (primary N) is 1. The first-order valence-electron chi connectivity index (χ1n) is 13.0. The van der Waals surface area contributed by atoms with Crippen molar-refractivity contribution in [3.8, 4) is 11.5 Å². The summed E-state index contributed by atoms with van der Waals surface area (Å²) in [5, 5.41) is 18.2. The number of aliphatic carboxylic acids is 1.